The number of carbonyl (C=O) groups is 1. The Morgan fingerprint density at radius 1 is 1.29 bits per heavy atom. The van der Waals surface area contributed by atoms with Crippen molar-refractivity contribution < 1.29 is 9.72 Å². The van der Waals surface area contributed by atoms with E-state index in [9.17, 15) is 14.9 Å². The molecule has 0 aromatic heterocycles. The minimum Gasteiger partial charge on any atom is -0.299 e. The number of hydrogen-bond acceptors (Lipinski definition) is 3. The van der Waals surface area contributed by atoms with Crippen LogP contribution in [0.2, 0.25) is 0 Å². The average Bonchev–Trinajstić information content (AvgIpc) is 2.31. The van der Waals surface area contributed by atoms with E-state index in [1.54, 1.807) is 24.3 Å². The maximum Gasteiger partial charge on any atom is 0.254 e. The van der Waals surface area contributed by atoms with Gasteiger partial charge in [-0.2, -0.15) is 0 Å². The van der Waals surface area contributed by atoms with Gasteiger partial charge in [0.05, 0.1) is 11.3 Å². The molecular weight excluding hydrogens is 218 g/mol. The molecule has 0 aliphatic rings. The van der Waals surface area contributed by atoms with E-state index < -0.39 is 4.92 Å². The van der Waals surface area contributed by atoms with Gasteiger partial charge in [-0.3, -0.25) is 14.9 Å². The average molecular weight is 235 g/mol. The Bertz CT molecular complexity index is 396. The number of nitro groups is 1. The van der Waals surface area contributed by atoms with Crippen molar-refractivity contribution in [2.75, 3.05) is 0 Å². The summed E-state index contributed by atoms with van der Waals surface area (Å²) in [6, 6.07) is 8.91. The van der Waals surface area contributed by atoms with Gasteiger partial charge < -0.3 is 0 Å². The van der Waals surface area contributed by atoms with E-state index in [4.69, 9.17) is 0 Å². The van der Waals surface area contributed by atoms with E-state index in [-0.39, 0.29) is 17.9 Å². The monoisotopic (exact) mass is 235 g/mol. The summed E-state index contributed by atoms with van der Waals surface area (Å²) in [6.45, 7) is 5.34. The zero-order valence-corrected chi connectivity index (χ0v) is 10.3. The van der Waals surface area contributed by atoms with Gasteiger partial charge in [-0.15, -0.1) is 0 Å². The van der Waals surface area contributed by atoms with E-state index in [1.807, 2.05) is 19.9 Å². The van der Waals surface area contributed by atoms with Crippen molar-refractivity contribution >= 4 is 11.9 Å². The highest BCUT2D eigenvalue weighted by Crippen LogP contribution is 2.10. The maximum atomic E-state index is 10.8. The smallest absolute Gasteiger partial charge is 0.254 e. The van der Waals surface area contributed by atoms with Crippen LogP contribution in [0.3, 0.4) is 0 Å². The van der Waals surface area contributed by atoms with E-state index in [0.29, 0.717) is 0 Å². The first-order valence-electron chi connectivity index (χ1n) is 5.49. The molecule has 0 saturated carbocycles. The number of Topliss-reactive ketones (excluding diaryl/α,β-unsaturated/α-hetero) is 1. The molecule has 0 amide bonds. The molecule has 0 saturated heterocycles. The maximum absolute atomic E-state index is 10.8. The molecule has 1 aromatic rings. The molecule has 92 valence electrons. The van der Waals surface area contributed by atoms with Gasteiger partial charge in [0, 0.05) is 6.08 Å². The minimum atomic E-state index is -0.519. The van der Waals surface area contributed by atoms with Crippen molar-refractivity contribution in [3.63, 3.8) is 0 Å². The fraction of sp³-hybridized carbons (Fsp3) is 0.308. The topological polar surface area (TPSA) is 60.2 Å². The fourth-order valence-corrected chi connectivity index (χ4v) is 1.16. The number of rotatable bonds is 4. The summed E-state index contributed by atoms with van der Waals surface area (Å²) < 4.78 is 0. The first kappa shape index (κ1) is 15.0. The van der Waals surface area contributed by atoms with Gasteiger partial charge in [-0.05, 0) is 12.5 Å². The number of carbonyl (C=O) groups excluding carboxylic acids is 1. The molecule has 17 heavy (non-hydrogen) atoms. The lowest BCUT2D eigenvalue weighted by Crippen LogP contribution is -2.03. The largest absolute Gasteiger partial charge is 0.299 e. The highest BCUT2D eigenvalue weighted by atomic mass is 16.6. The molecule has 0 radical (unpaired) electrons. The number of hydrogen-bond donors (Lipinski definition) is 0. The standard InChI is InChI=1S/C11H11NO3.C2H6/c1-9(13)7-11(12(14)15)8-10-5-3-2-4-6-10;1-2/h2-6,8H,7H2,1H3;1-2H3. The van der Waals surface area contributed by atoms with Gasteiger partial charge in [0.25, 0.3) is 5.70 Å². The van der Waals surface area contributed by atoms with Crippen molar-refractivity contribution in [1.29, 1.82) is 0 Å². The SMILES string of the molecule is CC.CC(=O)CC(=Cc1ccccc1)[N+](=O)[O-]. The third-order valence-corrected chi connectivity index (χ3v) is 1.80. The predicted molar refractivity (Wildman–Crippen MR) is 68.1 cm³/mol. The van der Waals surface area contributed by atoms with Crippen LogP contribution in [0.25, 0.3) is 6.08 Å². The summed E-state index contributed by atoms with van der Waals surface area (Å²) in [5.74, 6) is -0.214. The van der Waals surface area contributed by atoms with Crippen LogP contribution in [0.5, 0.6) is 0 Å². The van der Waals surface area contributed by atoms with Crippen LogP contribution in [0.4, 0.5) is 0 Å². The van der Waals surface area contributed by atoms with Crippen LogP contribution in [0.15, 0.2) is 36.0 Å². The second kappa shape index (κ2) is 8.21. The zero-order chi connectivity index (χ0) is 13.3. The summed E-state index contributed by atoms with van der Waals surface area (Å²) in [5, 5.41) is 10.6. The lowest BCUT2D eigenvalue weighted by Gasteiger charge is -1.96. The molecule has 1 aromatic carbocycles. The Hall–Kier alpha value is -1.97. The predicted octanol–water partition coefficient (Wildman–Crippen LogP) is 3.31. The van der Waals surface area contributed by atoms with E-state index in [1.165, 1.54) is 13.0 Å². The molecule has 0 unspecified atom stereocenters. The molecule has 0 aliphatic carbocycles. The first-order chi connectivity index (χ1) is 8.09. The van der Waals surface area contributed by atoms with Crippen LogP contribution in [0.1, 0.15) is 32.8 Å². The zero-order valence-electron chi connectivity index (χ0n) is 10.3. The molecule has 4 nitrogen and oxygen atoms in total. The van der Waals surface area contributed by atoms with Gasteiger partial charge in [-0.25, -0.2) is 0 Å². The van der Waals surface area contributed by atoms with Crippen LogP contribution in [-0.4, -0.2) is 10.7 Å². The molecule has 0 atom stereocenters. The summed E-state index contributed by atoms with van der Waals surface area (Å²) in [7, 11) is 0. The Morgan fingerprint density at radius 3 is 2.24 bits per heavy atom. The van der Waals surface area contributed by atoms with Gasteiger partial charge in [0.15, 0.2) is 0 Å². The third kappa shape index (κ3) is 6.25. The molecule has 0 aliphatic heterocycles. The fourth-order valence-electron chi connectivity index (χ4n) is 1.16. The van der Waals surface area contributed by atoms with Crippen LogP contribution < -0.4 is 0 Å². The molecule has 0 N–H and O–H groups in total. The van der Waals surface area contributed by atoms with Crippen LogP contribution >= 0.6 is 0 Å². The Morgan fingerprint density at radius 2 is 1.82 bits per heavy atom. The third-order valence-electron chi connectivity index (χ3n) is 1.80. The summed E-state index contributed by atoms with van der Waals surface area (Å²) in [6.07, 6.45) is 1.28. The molecule has 0 heterocycles. The number of ketones is 1. The summed E-state index contributed by atoms with van der Waals surface area (Å²) >= 11 is 0. The van der Waals surface area contributed by atoms with Crippen LogP contribution in [-0.2, 0) is 4.79 Å². The first-order valence-corrected chi connectivity index (χ1v) is 5.49. The summed E-state index contributed by atoms with van der Waals surface area (Å²) in [5.41, 5.74) is 0.652. The number of nitrogens with zero attached hydrogens (tertiary/aromatic N) is 1. The van der Waals surface area contributed by atoms with Crippen molar-refractivity contribution in [3.8, 4) is 0 Å². The lowest BCUT2D eigenvalue weighted by atomic mass is 10.1. The Kier molecular flexibility index (Phi) is 7.26. The van der Waals surface area contributed by atoms with Gasteiger partial charge in [0.1, 0.15) is 5.78 Å². The molecule has 4 heteroatoms. The lowest BCUT2D eigenvalue weighted by molar-refractivity contribution is -0.424. The van der Waals surface area contributed by atoms with E-state index in [2.05, 4.69) is 0 Å². The number of allylic oxidation sites excluding steroid dienone is 1. The second-order valence-corrected chi connectivity index (χ2v) is 3.18. The van der Waals surface area contributed by atoms with Gasteiger partial charge in [-0.1, -0.05) is 44.2 Å². The highest BCUT2D eigenvalue weighted by molar-refractivity contribution is 5.78. The normalized spacial score (nSPS) is 10.2. The highest BCUT2D eigenvalue weighted by Gasteiger charge is 2.12. The molecule has 0 fully saturated rings. The Labute approximate surface area is 101 Å². The van der Waals surface area contributed by atoms with Crippen molar-refractivity contribution in [1.82, 2.24) is 0 Å². The molecule has 0 spiro atoms. The van der Waals surface area contributed by atoms with Gasteiger partial charge in [0.2, 0.25) is 0 Å². The van der Waals surface area contributed by atoms with E-state index in [0.717, 1.165) is 5.56 Å². The second-order valence-electron chi connectivity index (χ2n) is 3.18. The van der Waals surface area contributed by atoms with Gasteiger partial charge >= 0.3 is 0 Å². The minimum absolute atomic E-state index is 0.0753. The van der Waals surface area contributed by atoms with E-state index >= 15 is 0 Å². The van der Waals surface area contributed by atoms with Crippen molar-refractivity contribution in [3.05, 3.63) is 51.7 Å². The summed E-state index contributed by atoms with van der Waals surface area (Å²) in [4.78, 5) is 20.9. The molecule has 1 rings (SSSR count). The number of benzene rings is 1. The van der Waals surface area contributed by atoms with Crippen molar-refractivity contribution in [2.45, 2.75) is 27.2 Å². The van der Waals surface area contributed by atoms with Crippen molar-refractivity contribution in [2.24, 2.45) is 0 Å². The Balaban J connectivity index is 0.00000121. The molecular formula is C13H17NO3. The molecule has 0 bridgehead atoms. The quantitative estimate of drug-likeness (QED) is 0.594. The van der Waals surface area contributed by atoms with Crippen LogP contribution in [0, 0.1) is 10.1 Å².